The van der Waals surface area contributed by atoms with Gasteiger partial charge in [0.25, 0.3) is 0 Å². The first kappa shape index (κ1) is 36.3. The number of ether oxygens (including phenoxy) is 1. The SMILES string of the molecule is Cc1ncsc1-c1ccc(CNC(=O)[C@@H]2C[C@@H](O)CN2C(=O)C(NC(=O)CCOc2ccc(CCCNC(=O)O)cc2)C(C)(C)C)cc1. The third kappa shape index (κ3) is 10.3. The minimum absolute atomic E-state index is 0.00253. The van der Waals surface area contributed by atoms with Gasteiger partial charge in [0, 0.05) is 26.1 Å². The van der Waals surface area contributed by atoms with E-state index >= 15 is 0 Å². The molecule has 0 saturated carbocycles. The van der Waals surface area contributed by atoms with Crippen LogP contribution in [0.2, 0.25) is 0 Å². The molecular weight excluding hydrogens is 634 g/mol. The van der Waals surface area contributed by atoms with Crippen LogP contribution in [0.5, 0.6) is 5.75 Å². The fourth-order valence-electron chi connectivity index (χ4n) is 5.52. The molecule has 48 heavy (non-hydrogen) atoms. The second kappa shape index (κ2) is 16.6. The van der Waals surface area contributed by atoms with E-state index in [0.29, 0.717) is 25.1 Å². The fourth-order valence-corrected chi connectivity index (χ4v) is 6.33. The average Bonchev–Trinajstić information content (AvgIpc) is 3.66. The van der Waals surface area contributed by atoms with Crippen molar-refractivity contribution in [2.75, 3.05) is 19.7 Å². The van der Waals surface area contributed by atoms with Crippen molar-refractivity contribution in [2.45, 2.75) is 78.1 Å². The van der Waals surface area contributed by atoms with Crippen molar-refractivity contribution in [2.24, 2.45) is 5.41 Å². The molecule has 2 aromatic carbocycles. The first-order chi connectivity index (χ1) is 22.8. The summed E-state index contributed by atoms with van der Waals surface area (Å²) in [6, 6.07) is 13.4. The molecule has 1 saturated heterocycles. The maximum absolute atomic E-state index is 13.8. The van der Waals surface area contributed by atoms with Crippen LogP contribution < -0.4 is 20.7 Å². The van der Waals surface area contributed by atoms with E-state index in [9.17, 15) is 24.3 Å². The standard InChI is InChI=1S/C35H45N5O7S/c1-22-30(48-21-38-22)25-11-7-24(8-12-25)19-37-32(43)28-18-26(41)20-40(28)33(44)31(35(2,3)4)39-29(42)15-17-47-27-13-9-23(10-14-27)6-5-16-36-34(45)46/h7-14,21,26,28,31,36,41H,5-6,15-20H2,1-4H3,(H,37,43)(H,39,42)(H,45,46)/t26-,28+,31?/m1/s1. The van der Waals surface area contributed by atoms with Gasteiger partial charge in [-0.05, 0) is 54.0 Å². The molecule has 3 aromatic rings. The first-order valence-corrected chi connectivity index (χ1v) is 16.9. The van der Waals surface area contributed by atoms with Crippen molar-refractivity contribution in [3.8, 4) is 16.2 Å². The molecule has 0 radical (unpaired) electrons. The van der Waals surface area contributed by atoms with Gasteiger partial charge in [-0.2, -0.15) is 0 Å². The van der Waals surface area contributed by atoms with Crippen LogP contribution >= 0.6 is 11.3 Å². The molecule has 4 amide bonds. The smallest absolute Gasteiger partial charge is 0.404 e. The Hall–Kier alpha value is -4.49. The lowest BCUT2D eigenvalue weighted by atomic mass is 9.85. The van der Waals surface area contributed by atoms with Crippen molar-refractivity contribution < 1.29 is 34.1 Å². The number of aromatic nitrogens is 1. The minimum Gasteiger partial charge on any atom is -0.493 e. The molecule has 1 aromatic heterocycles. The number of amides is 4. The summed E-state index contributed by atoms with van der Waals surface area (Å²) in [6.07, 6.45) is -0.396. The predicted molar refractivity (Wildman–Crippen MR) is 183 cm³/mol. The molecule has 0 bridgehead atoms. The monoisotopic (exact) mass is 679 g/mol. The van der Waals surface area contributed by atoms with Gasteiger partial charge in [0.2, 0.25) is 17.7 Å². The first-order valence-electron chi connectivity index (χ1n) is 16.1. The highest BCUT2D eigenvalue weighted by Crippen LogP contribution is 2.28. The maximum atomic E-state index is 13.8. The van der Waals surface area contributed by atoms with Gasteiger partial charge in [0.05, 0.1) is 35.2 Å². The number of carbonyl (C=O) groups is 4. The van der Waals surface area contributed by atoms with Gasteiger partial charge in [-0.25, -0.2) is 9.78 Å². The number of hydrogen-bond acceptors (Lipinski definition) is 8. The summed E-state index contributed by atoms with van der Waals surface area (Å²) < 4.78 is 5.74. The molecule has 0 aliphatic carbocycles. The Morgan fingerprint density at radius 3 is 2.35 bits per heavy atom. The molecule has 1 aliphatic heterocycles. The van der Waals surface area contributed by atoms with Crippen LogP contribution in [0, 0.1) is 12.3 Å². The number of hydrogen-bond donors (Lipinski definition) is 5. The van der Waals surface area contributed by atoms with Crippen molar-refractivity contribution in [3.63, 3.8) is 0 Å². The summed E-state index contributed by atoms with van der Waals surface area (Å²) in [6.45, 7) is 8.21. The molecule has 12 nitrogen and oxygen atoms in total. The van der Waals surface area contributed by atoms with E-state index in [2.05, 4.69) is 20.9 Å². The van der Waals surface area contributed by atoms with Crippen molar-refractivity contribution in [1.29, 1.82) is 0 Å². The Labute approximate surface area is 284 Å². The van der Waals surface area contributed by atoms with E-state index in [0.717, 1.165) is 27.3 Å². The molecule has 2 heterocycles. The summed E-state index contributed by atoms with van der Waals surface area (Å²) in [5.74, 6) is -0.572. The van der Waals surface area contributed by atoms with E-state index < -0.39 is 35.6 Å². The van der Waals surface area contributed by atoms with Crippen LogP contribution in [0.1, 0.15) is 56.9 Å². The average molecular weight is 680 g/mol. The van der Waals surface area contributed by atoms with Crippen molar-refractivity contribution >= 4 is 35.2 Å². The number of carbonyl (C=O) groups excluding carboxylic acids is 3. The number of nitrogens with one attached hydrogen (secondary N) is 3. The number of thiazole rings is 1. The molecule has 4 rings (SSSR count). The lowest BCUT2D eigenvalue weighted by Gasteiger charge is -2.35. The number of nitrogens with zero attached hydrogens (tertiary/aromatic N) is 2. The molecular formula is C35H45N5O7S. The lowest BCUT2D eigenvalue weighted by molar-refractivity contribution is -0.144. The molecule has 1 unspecified atom stereocenters. The Morgan fingerprint density at radius 1 is 1.04 bits per heavy atom. The number of aliphatic hydroxyl groups excluding tert-OH is 1. The second-order valence-electron chi connectivity index (χ2n) is 13.0. The fraction of sp³-hybridized carbons (Fsp3) is 0.457. The molecule has 1 aliphatic rings. The summed E-state index contributed by atoms with van der Waals surface area (Å²) >= 11 is 1.57. The second-order valence-corrected chi connectivity index (χ2v) is 13.9. The van der Waals surface area contributed by atoms with E-state index in [1.54, 1.807) is 23.5 Å². The quantitative estimate of drug-likeness (QED) is 0.160. The van der Waals surface area contributed by atoms with Crippen LogP contribution in [-0.4, -0.2) is 81.8 Å². The number of carboxylic acid groups (broad SMARTS) is 1. The van der Waals surface area contributed by atoms with Gasteiger partial charge in [-0.1, -0.05) is 57.2 Å². The largest absolute Gasteiger partial charge is 0.493 e. The summed E-state index contributed by atoms with van der Waals surface area (Å²) in [7, 11) is 0. The Morgan fingerprint density at radius 2 is 1.73 bits per heavy atom. The highest BCUT2D eigenvalue weighted by atomic mass is 32.1. The van der Waals surface area contributed by atoms with Gasteiger partial charge >= 0.3 is 6.09 Å². The normalized spacial score (nSPS) is 16.6. The molecule has 3 atom stereocenters. The van der Waals surface area contributed by atoms with Crippen LogP contribution in [0.3, 0.4) is 0 Å². The van der Waals surface area contributed by atoms with Crippen LogP contribution in [0.25, 0.3) is 10.4 Å². The van der Waals surface area contributed by atoms with Gasteiger partial charge in [0.15, 0.2) is 0 Å². The molecule has 13 heteroatoms. The van der Waals surface area contributed by atoms with E-state index in [4.69, 9.17) is 9.84 Å². The number of benzene rings is 2. The topological polar surface area (TPSA) is 170 Å². The summed E-state index contributed by atoms with van der Waals surface area (Å²) in [4.78, 5) is 57.5. The molecule has 5 N–H and O–H groups in total. The number of β-amino-alcohol motifs (C(OH)–C–C–N with tert-alkyl or cyclic N) is 1. The number of aliphatic hydroxyl groups is 1. The number of rotatable bonds is 14. The zero-order valence-corrected chi connectivity index (χ0v) is 28.6. The molecule has 1 fully saturated rings. The van der Waals surface area contributed by atoms with Crippen LogP contribution in [-0.2, 0) is 27.3 Å². The summed E-state index contributed by atoms with van der Waals surface area (Å²) in [5.41, 5.74) is 5.09. The van der Waals surface area contributed by atoms with Crippen molar-refractivity contribution in [3.05, 3.63) is 70.9 Å². The van der Waals surface area contributed by atoms with Gasteiger partial charge in [-0.3, -0.25) is 14.4 Å². The van der Waals surface area contributed by atoms with Gasteiger partial charge < -0.3 is 35.8 Å². The minimum atomic E-state index is -1.04. The Balaban J connectivity index is 1.28. The lowest BCUT2D eigenvalue weighted by Crippen LogP contribution is -2.57. The van der Waals surface area contributed by atoms with Gasteiger partial charge in [-0.15, -0.1) is 11.3 Å². The summed E-state index contributed by atoms with van der Waals surface area (Å²) in [5, 5.41) is 27.2. The zero-order chi connectivity index (χ0) is 34.8. The van der Waals surface area contributed by atoms with Crippen molar-refractivity contribution in [1.82, 2.24) is 25.8 Å². The van der Waals surface area contributed by atoms with Crippen LogP contribution in [0.4, 0.5) is 4.79 Å². The number of likely N-dealkylation sites (tertiary alicyclic amines) is 1. The highest BCUT2D eigenvalue weighted by Gasteiger charge is 2.44. The Bertz CT molecular complexity index is 1550. The Kier molecular flexibility index (Phi) is 12.5. The maximum Gasteiger partial charge on any atom is 0.404 e. The third-order valence-electron chi connectivity index (χ3n) is 8.15. The van der Waals surface area contributed by atoms with E-state index in [1.807, 2.05) is 69.6 Å². The highest BCUT2D eigenvalue weighted by molar-refractivity contribution is 7.13. The molecule has 258 valence electrons. The molecule has 0 spiro atoms. The van der Waals surface area contributed by atoms with Crippen LogP contribution in [0.15, 0.2) is 54.0 Å². The van der Waals surface area contributed by atoms with E-state index in [-0.39, 0.29) is 44.4 Å². The zero-order valence-electron chi connectivity index (χ0n) is 27.8. The third-order valence-corrected chi connectivity index (χ3v) is 9.13. The predicted octanol–water partition coefficient (Wildman–Crippen LogP) is 3.90. The van der Waals surface area contributed by atoms with E-state index in [1.165, 1.54) is 4.90 Å². The van der Waals surface area contributed by atoms with Gasteiger partial charge in [0.1, 0.15) is 17.8 Å². The number of aryl methyl sites for hydroxylation is 2.